The lowest BCUT2D eigenvalue weighted by molar-refractivity contribution is 0.465. The molecule has 0 spiro atoms. The van der Waals surface area contributed by atoms with E-state index in [9.17, 15) is 0 Å². The van der Waals surface area contributed by atoms with Crippen LogP contribution in [0.15, 0.2) is 40.9 Å². The minimum Gasteiger partial charge on any atom is -0.381 e. The Labute approximate surface area is 68.7 Å². The summed E-state index contributed by atoms with van der Waals surface area (Å²) in [6.45, 7) is 0. The molecule has 0 radical (unpaired) electrons. The van der Waals surface area contributed by atoms with Gasteiger partial charge >= 0.3 is 0 Å². The van der Waals surface area contributed by atoms with E-state index < -0.39 is 0 Å². The van der Waals surface area contributed by atoms with Crippen LogP contribution in [-0.4, -0.2) is 5.16 Å². The van der Waals surface area contributed by atoms with Crippen LogP contribution in [0.5, 0.6) is 0 Å². The lowest BCUT2D eigenvalue weighted by Crippen LogP contribution is -1.56. The van der Waals surface area contributed by atoms with Gasteiger partial charge in [0.2, 0.25) is 0 Å². The van der Waals surface area contributed by atoms with Crippen LogP contribution in [0, 0.1) is 0 Å². The maximum absolute atomic E-state index is 5.25. The fourth-order valence-electron chi connectivity index (χ4n) is 1.58. The first-order valence-electron chi connectivity index (χ1n) is 3.90. The second kappa shape index (κ2) is 1.91. The minimum absolute atomic E-state index is 0.927. The van der Waals surface area contributed by atoms with Crippen LogP contribution in [0.3, 0.4) is 0 Å². The van der Waals surface area contributed by atoms with E-state index in [4.69, 9.17) is 4.52 Å². The van der Waals surface area contributed by atoms with Crippen molar-refractivity contribution >= 4 is 21.9 Å². The normalized spacial score (nSPS) is 11.3. The zero-order chi connectivity index (χ0) is 7.97. The van der Waals surface area contributed by atoms with Crippen molar-refractivity contribution in [3.05, 3.63) is 36.4 Å². The first-order chi connectivity index (χ1) is 5.95. The lowest BCUT2D eigenvalue weighted by Gasteiger charge is -1.75. The smallest absolute Gasteiger partial charge is 0.165 e. The van der Waals surface area contributed by atoms with Crippen LogP contribution in [0.4, 0.5) is 0 Å². The van der Waals surface area contributed by atoms with Gasteiger partial charge in [-0.2, -0.15) is 0 Å². The number of aromatic nitrogens is 1. The van der Waals surface area contributed by atoms with Gasteiger partial charge in [-0.1, -0.05) is 24.3 Å². The van der Waals surface area contributed by atoms with Crippen molar-refractivity contribution in [2.24, 2.45) is 0 Å². The van der Waals surface area contributed by atoms with E-state index in [0.717, 1.165) is 11.1 Å². The molecule has 2 heteroatoms. The summed E-state index contributed by atoms with van der Waals surface area (Å²) < 4.78 is 5.25. The van der Waals surface area contributed by atoms with Gasteiger partial charge < -0.3 is 4.52 Å². The number of hydrogen-bond donors (Lipinski definition) is 1. The van der Waals surface area contributed by atoms with E-state index in [1.165, 1.54) is 10.8 Å². The van der Waals surface area contributed by atoms with Crippen molar-refractivity contribution in [2.45, 2.75) is 0 Å². The Balaban J connectivity index is 2.78. The molecule has 0 aliphatic rings. The molecule has 0 aliphatic carbocycles. The minimum atomic E-state index is 0.927. The molecule has 0 saturated heterocycles. The Morgan fingerprint density at radius 1 is 1.00 bits per heavy atom. The molecule has 1 heterocycles. The summed E-state index contributed by atoms with van der Waals surface area (Å²) >= 11 is 0. The van der Waals surface area contributed by atoms with Crippen molar-refractivity contribution < 1.29 is 4.52 Å². The van der Waals surface area contributed by atoms with Gasteiger partial charge in [0, 0.05) is 0 Å². The Morgan fingerprint density at radius 3 is 2.92 bits per heavy atom. The summed E-state index contributed by atoms with van der Waals surface area (Å²) in [5.74, 6) is 0. The maximum atomic E-state index is 5.25. The zero-order valence-electron chi connectivity index (χ0n) is 6.37. The molecule has 0 unspecified atom stereocenters. The van der Waals surface area contributed by atoms with Crippen LogP contribution in [0.2, 0.25) is 0 Å². The second-order valence-corrected chi connectivity index (χ2v) is 2.86. The molecule has 0 bridgehead atoms. The van der Waals surface area contributed by atoms with Gasteiger partial charge in [-0.3, -0.25) is 0 Å². The van der Waals surface area contributed by atoms with Crippen molar-refractivity contribution in [3.63, 3.8) is 0 Å². The van der Waals surface area contributed by atoms with Gasteiger partial charge in [0.1, 0.15) is 0 Å². The quantitative estimate of drug-likeness (QED) is 0.534. The lowest BCUT2D eigenvalue weighted by atomic mass is 10.3. The van der Waals surface area contributed by atoms with E-state index >= 15 is 0 Å². The molecule has 3 aromatic rings. The van der Waals surface area contributed by atoms with Gasteiger partial charge in [-0.15, -0.1) is 0 Å². The first kappa shape index (κ1) is 5.89. The molecule has 0 atom stereocenters. The number of H-pyrrole nitrogens is 1. The Hall–Kier alpha value is -1.70. The number of hydrogen-bond acceptors (Lipinski definition) is 1. The van der Waals surface area contributed by atoms with Crippen LogP contribution in [-0.2, 0) is 0 Å². The van der Waals surface area contributed by atoms with E-state index in [1.54, 1.807) is 0 Å². The van der Waals surface area contributed by atoms with E-state index in [0.29, 0.717) is 0 Å². The predicted octanol–water partition coefficient (Wildman–Crippen LogP) is 2.91. The number of rotatable bonds is 0. The summed E-state index contributed by atoms with van der Waals surface area (Å²) in [7, 11) is 0. The fraction of sp³-hybridized carbons (Fsp3) is 0. The van der Waals surface area contributed by atoms with Gasteiger partial charge in [0.25, 0.3) is 0 Å². The van der Waals surface area contributed by atoms with Crippen LogP contribution >= 0.6 is 0 Å². The zero-order valence-corrected chi connectivity index (χ0v) is 6.37. The molecule has 0 saturated carbocycles. The Kier molecular flexibility index (Phi) is 0.939. The van der Waals surface area contributed by atoms with Crippen LogP contribution < -0.4 is 0 Å². The summed E-state index contributed by atoms with van der Waals surface area (Å²) in [5.41, 5.74) is 1.98. The molecular formula is C10H7NO. The third kappa shape index (κ3) is 0.593. The SMILES string of the molecule is c1ccc2[nH]oc3ccc(c1)c23. The average molecular weight is 157 g/mol. The highest BCUT2D eigenvalue weighted by Crippen LogP contribution is 2.26. The van der Waals surface area contributed by atoms with Gasteiger partial charge in [-0.25, -0.2) is 5.16 Å². The highest BCUT2D eigenvalue weighted by atomic mass is 16.5. The Bertz CT molecular complexity index is 488. The Morgan fingerprint density at radius 2 is 1.92 bits per heavy atom. The predicted molar refractivity (Wildman–Crippen MR) is 48.1 cm³/mol. The molecule has 2 aromatic carbocycles. The maximum Gasteiger partial charge on any atom is 0.165 e. The van der Waals surface area contributed by atoms with Crippen molar-refractivity contribution in [3.8, 4) is 0 Å². The largest absolute Gasteiger partial charge is 0.381 e. The molecule has 1 aromatic heterocycles. The van der Waals surface area contributed by atoms with Gasteiger partial charge in [-0.05, 0) is 17.5 Å². The van der Waals surface area contributed by atoms with Crippen molar-refractivity contribution in [1.29, 1.82) is 0 Å². The summed E-state index contributed by atoms with van der Waals surface area (Å²) in [5, 5.41) is 5.27. The highest BCUT2D eigenvalue weighted by Gasteiger charge is 2.04. The molecule has 12 heavy (non-hydrogen) atoms. The first-order valence-corrected chi connectivity index (χ1v) is 3.90. The second-order valence-electron chi connectivity index (χ2n) is 2.86. The molecule has 58 valence electrons. The summed E-state index contributed by atoms with van der Waals surface area (Å²) in [6, 6.07) is 12.2. The summed E-state index contributed by atoms with van der Waals surface area (Å²) in [4.78, 5) is 0. The molecule has 3 rings (SSSR count). The topological polar surface area (TPSA) is 28.9 Å². The van der Waals surface area contributed by atoms with Gasteiger partial charge in [0.15, 0.2) is 5.58 Å². The van der Waals surface area contributed by atoms with E-state index in [1.807, 2.05) is 24.3 Å². The van der Waals surface area contributed by atoms with Crippen LogP contribution in [0.25, 0.3) is 21.9 Å². The molecule has 0 fully saturated rings. The fourth-order valence-corrected chi connectivity index (χ4v) is 1.58. The molecular weight excluding hydrogens is 150 g/mol. The average Bonchev–Trinajstić information content (AvgIpc) is 2.57. The van der Waals surface area contributed by atoms with E-state index in [-0.39, 0.29) is 0 Å². The molecule has 0 aliphatic heterocycles. The standard InChI is InChI=1S/C10H7NO/c1-2-4-8-10-7(3-1)5-6-9(10)12-11-8/h1-6,11H. The highest BCUT2D eigenvalue weighted by molar-refractivity contribution is 6.07. The number of aromatic amines is 1. The third-order valence-corrected chi connectivity index (χ3v) is 2.14. The van der Waals surface area contributed by atoms with E-state index in [2.05, 4.69) is 17.3 Å². The molecule has 2 nitrogen and oxygen atoms in total. The van der Waals surface area contributed by atoms with Crippen LogP contribution in [0.1, 0.15) is 0 Å². The molecule has 0 amide bonds. The summed E-state index contributed by atoms with van der Waals surface area (Å²) in [6.07, 6.45) is 0. The van der Waals surface area contributed by atoms with Crippen molar-refractivity contribution in [1.82, 2.24) is 5.16 Å². The monoisotopic (exact) mass is 157 g/mol. The number of nitrogens with one attached hydrogen (secondary N) is 1. The third-order valence-electron chi connectivity index (χ3n) is 2.14. The van der Waals surface area contributed by atoms with Gasteiger partial charge in [0.05, 0.1) is 10.9 Å². The molecule has 1 N–H and O–H groups in total. The van der Waals surface area contributed by atoms with Crippen molar-refractivity contribution in [2.75, 3.05) is 0 Å².